The maximum absolute atomic E-state index is 13.5. The van der Waals surface area contributed by atoms with Crippen LogP contribution in [0.3, 0.4) is 0 Å². The van der Waals surface area contributed by atoms with Crippen molar-refractivity contribution in [3.63, 3.8) is 0 Å². The third kappa shape index (κ3) is 3.29. The van der Waals surface area contributed by atoms with E-state index in [4.69, 9.17) is 4.74 Å². The molecule has 5 heteroatoms. The van der Waals surface area contributed by atoms with E-state index in [9.17, 15) is 9.18 Å². The van der Waals surface area contributed by atoms with Crippen LogP contribution in [0.4, 0.5) is 4.39 Å². The number of ether oxygens (including phenoxy) is 1. The van der Waals surface area contributed by atoms with Crippen LogP contribution in [0, 0.1) is 5.82 Å². The Morgan fingerprint density at radius 3 is 3.06 bits per heavy atom. The Kier molecular flexibility index (Phi) is 4.35. The van der Waals surface area contributed by atoms with Crippen molar-refractivity contribution < 1.29 is 13.9 Å². The van der Waals surface area contributed by atoms with Crippen molar-refractivity contribution in [3.05, 3.63) is 34.1 Å². The van der Waals surface area contributed by atoms with Crippen molar-refractivity contribution in [2.75, 3.05) is 6.61 Å². The first-order chi connectivity index (χ1) is 8.56. The van der Waals surface area contributed by atoms with E-state index in [1.807, 2.05) is 6.92 Å². The van der Waals surface area contributed by atoms with Crippen molar-refractivity contribution in [3.8, 4) is 0 Å². The van der Waals surface area contributed by atoms with Crippen LogP contribution < -0.4 is 5.32 Å². The zero-order chi connectivity index (χ0) is 13.1. The zero-order valence-electron chi connectivity index (χ0n) is 10.1. The van der Waals surface area contributed by atoms with E-state index in [1.165, 1.54) is 12.1 Å². The number of hydrogen-bond donors (Lipinski definition) is 1. The topological polar surface area (TPSA) is 38.3 Å². The van der Waals surface area contributed by atoms with Gasteiger partial charge in [0.25, 0.3) is 5.91 Å². The van der Waals surface area contributed by atoms with E-state index in [1.54, 1.807) is 6.07 Å². The third-order valence-corrected chi connectivity index (χ3v) is 3.49. The molecule has 1 N–H and O–H groups in total. The smallest absolute Gasteiger partial charge is 0.254 e. The summed E-state index contributed by atoms with van der Waals surface area (Å²) in [7, 11) is 0. The standard InChI is InChI=1S/C13H15BrFNO2/c1-8-6-10(4-5-18-8)16-13(17)11-7-9(14)2-3-12(11)15/h2-3,7-8,10H,4-6H2,1H3,(H,16,17). The van der Waals surface area contributed by atoms with Gasteiger partial charge in [0, 0.05) is 17.1 Å². The SMILES string of the molecule is CC1CC(NC(=O)c2cc(Br)ccc2F)CCO1. The highest BCUT2D eigenvalue weighted by Gasteiger charge is 2.22. The quantitative estimate of drug-likeness (QED) is 0.911. The molecule has 3 nitrogen and oxygen atoms in total. The van der Waals surface area contributed by atoms with Crippen LogP contribution in [0.15, 0.2) is 22.7 Å². The van der Waals surface area contributed by atoms with Gasteiger partial charge in [-0.3, -0.25) is 4.79 Å². The fourth-order valence-electron chi connectivity index (χ4n) is 2.06. The Morgan fingerprint density at radius 2 is 2.33 bits per heavy atom. The first-order valence-electron chi connectivity index (χ1n) is 5.94. The average Bonchev–Trinajstić information content (AvgIpc) is 2.32. The number of carbonyl (C=O) groups excluding carboxylic acids is 1. The Bertz CT molecular complexity index is 453. The second-order valence-electron chi connectivity index (χ2n) is 4.50. The minimum absolute atomic E-state index is 0.0552. The van der Waals surface area contributed by atoms with Gasteiger partial charge in [0.05, 0.1) is 11.7 Å². The highest BCUT2D eigenvalue weighted by Crippen LogP contribution is 2.17. The largest absolute Gasteiger partial charge is 0.378 e. The van der Waals surface area contributed by atoms with Gasteiger partial charge in [-0.15, -0.1) is 0 Å². The maximum Gasteiger partial charge on any atom is 0.254 e. The minimum Gasteiger partial charge on any atom is -0.378 e. The van der Waals surface area contributed by atoms with E-state index in [0.717, 1.165) is 12.8 Å². The highest BCUT2D eigenvalue weighted by atomic mass is 79.9. The predicted octanol–water partition coefficient (Wildman–Crippen LogP) is 2.89. The van der Waals surface area contributed by atoms with Crippen molar-refractivity contribution in [1.29, 1.82) is 0 Å². The van der Waals surface area contributed by atoms with E-state index >= 15 is 0 Å². The molecule has 1 fully saturated rings. The van der Waals surface area contributed by atoms with Crippen LogP contribution in [-0.2, 0) is 4.74 Å². The average molecular weight is 316 g/mol. The molecule has 0 bridgehead atoms. The van der Waals surface area contributed by atoms with E-state index < -0.39 is 5.82 Å². The van der Waals surface area contributed by atoms with Crippen LogP contribution >= 0.6 is 15.9 Å². The Morgan fingerprint density at radius 1 is 1.56 bits per heavy atom. The highest BCUT2D eigenvalue weighted by molar-refractivity contribution is 9.10. The molecule has 0 spiro atoms. The molecule has 2 unspecified atom stereocenters. The summed E-state index contributed by atoms with van der Waals surface area (Å²) in [5, 5.41) is 2.85. The number of amides is 1. The lowest BCUT2D eigenvalue weighted by Crippen LogP contribution is -2.41. The lowest BCUT2D eigenvalue weighted by molar-refractivity contribution is 0.0136. The first-order valence-corrected chi connectivity index (χ1v) is 6.73. The molecule has 1 saturated heterocycles. The molecule has 1 aliphatic heterocycles. The van der Waals surface area contributed by atoms with Crippen LogP contribution in [0.5, 0.6) is 0 Å². The Labute approximate surface area is 114 Å². The fraction of sp³-hybridized carbons (Fsp3) is 0.462. The van der Waals surface area contributed by atoms with E-state index in [-0.39, 0.29) is 23.6 Å². The zero-order valence-corrected chi connectivity index (χ0v) is 11.7. The Balaban J connectivity index is 2.05. The second-order valence-corrected chi connectivity index (χ2v) is 5.42. The van der Waals surface area contributed by atoms with Gasteiger partial charge < -0.3 is 10.1 Å². The molecule has 18 heavy (non-hydrogen) atoms. The molecule has 0 saturated carbocycles. The van der Waals surface area contributed by atoms with Crippen LogP contribution in [0.2, 0.25) is 0 Å². The fourth-order valence-corrected chi connectivity index (χ4v) is 2.42. The summed E-state index contributed by atoms with van der Waals surface area (Å²) >= 11 is 3.23. The molecule has 1 heterocycles. The lowest BCUT2D eigenvalue weighted by Gasteiger charge is -2.28. The first kappa shape index (κ1) is 13.5. The van der Waals surface area contributed by atoms with Gasteiger partial charge in [0.2, 0.25) is 0 Å². The summed E-state index contributed by atoms with van der Waals surface area (Å²) in [6.45, 7) is 2.60. The summed E-state index contributed by atoms with van der Waals surface area (Å²) in [6.07, 6.45) is 1.67. The van der Waals surface area contributed by atoms with E-state index in [0.29, 0.717) is 11.1 Å². The van der Waals surface area contributed by atoms with Gasteiger partial charge in [-0.1, -0.05) is 15.9 Å². The van der Waals surface area contributed by atoms with Crippen LogP contribution in [0.1, 0.15) is 30.1 Å². The number of rotatable bonds is 2. The second kappa shape index (κ2) is 5.80. The van der Waals surface area contributed by atoms with Gasteiger partial charge in [-0.2, -0.15) is 0 Å². The molecular formula is C13H15BrFNO2. The number of benzene rings is 1. The molecule has 98 valence electrons. The number of nitrogens with one attached hydrogen (secondary N) is 1. The molecule has 1 aliphatic rings. The van der Waals surface area contributed by atoms with Crippen molar-refractivity contribution >= 4 is 21.8 Å². The molecule has 2 atom stereocenters. The third-order valence-electron chi connectivity index (χ3n) is 2.99. The van der Waals surface area contributed by atoms with Gasteiger partial charge in [-0.05, 0) is 38.0 Å². The monoisotopic (exact) mass is 315 g/mol. The predicted molar refractivity (Wildman–Crippen MR) is 70.0 cm³/mol. The van der Waals surface area contributed by atoms with Gasteiger partial charge >= 0.3 is 0 Å². The van der Waals surface area contributed by atoms with Gasteiger partial charge in [0.1, 0.15) is 5.82 Å². The number of hydrogen-bond acceptors (Lipinski definition) is 2. The molecule has 2 rings (SSSR count). The molecule has 1 amide bonds. The van der Waals surface area contributed by atoms with Gasteiger partial charge in [-0.25, -0.2) is 4.39 Å². The summed E-state index contributed by atoms with van der Waals surface area (Å²) in [6, 6.07) is 4.40. The van der Waals surface area contributed by atoms with Crippen molar-refractivity contribution in [2.45, 2.75) is 31.9 Å². The minimum atomic E-state index is -0.504. The summed E-state index contributed by atoms with van der Waals surface area (Å²) in [4.78, 5) is 12.0. The molecule has 1 aromatic carbocycles. The Hall–Kier alpha value is -0.940. The van der Waals surface area contributed by atoms with Crippen LogP contribution in [-0.4, -0.2) is 24.7 Å². The van der Waals surface area contributed by atoms with Crippen molar-refractivity contribution in [1.82, 2.24) is 5.32 Å². The number of halogens is 2. The molecule has 0 radical (unpaired) electrons. The van der Waals surface area contributed by atoms with Crippen molar-refractivity contribution in [2.24, 2.45) is 0 Å². The van der Waals surface area contributed by atoms with E-state index in [2.05, 4.69) is 21.2 Å². The summed E-state index contributed by atoms with van der Waals surface area (Å²) in [5.41, 5.74) is 0.0727. The normalized spacial score (nSPS) is 23.7. The van der Waals surface area contributed by atoms with Crippen LogP contribution in [0.25, 0.3) is 0 Å². The molecule has 0 aliphatic carbocycles. The molecule has 1 aromatic rings. The lowest BCUT2D eigenvalue weighted by atomic mass is 10.0. The summed E-state index contributed by atoms with van der Waals surface area (Å²) in [5.74, 6) is -0.872. The maximum atomic E-state index is 13.5. The van der Waals surface area contributed by atoms with Gasteiger partial charge in [0.15, 0.2) is 0 Å². The summed E-state index contributed by atoms with van der Waals surface area (Å²) < 4.78 is 19.6. The number of carbonyl (C=O) groups is 1. The molecular weight excluding hydrogens is 301 g/mol. The molecule has 0 aromatic heterocycles.